The van der Waals surface area contributed by atoms with Crippen molar-refractivity contribution < 1.29 is 4.39 Å². The summed E-state index contributed by atoms with van der Waals surface area (Å²) in [4.78, 5) is 4.18. The van der Waals surface area contributed by atoms with Gasteiger partial charge in [0.2, 0.25) is 0 Å². The van der Waals surface area contributed by atoms with Crippen molar-refractivity contribution in [2.75, 3.05) is 0 Å². The molecule has 0 saturated carbocycles. The van der Waals surface area contributed by atoms with Gasteiger partial charge < -0.3 is 0 Å². The lowest BCUT2D eigenvalue weighted by molar-refractivity contribution is 0.627. The number of hydrogen-bond acceptors (Lipinski definition) is 2. The maximum atomic E-state index is 12.8. The fourth-order valence-electron chi connectivity index (χ4n) is 1.52. The Morgan fingerprint density at radius 1 is 1.18 bits per heavy atom. The highest BCUT2D eigenvalue weighted by atomic mass is 19.1. The first-order chi connectivity index (χ1) is 8.31. The minimum atomic E-state index is -0.300. The topological polar surface area (TPSA) is 36.7 Å². The molecule has 0 N–H and O–H groups in total. The van der Waals surface area contributed by atoms with Crippen molar-refractivity contribution in [3.8, 4) is 6.07 Å². The van der Waals surface area contributed by atoms with E-state index in [2.05, 4.69) is 4.98 Å². The summed E-state index contributed by atoms with van der Waals surface area (Å²) >= 11 is 0. The number of pyridine rings is 1. The van der Waals surface area contributed by atoms with Crippen molar-refractivity contribution >= 4 is 5.57 Å². The van der Waals surface area contributed by atoms with Crippen molar-refractivity contribution in [1.29, 1.82) is 5.26 Å². The minimum Gasteiger partial charge on any atom is -0.256 e. The number of hydrogen-bond donors (Lipinski definition) is 0. The van der Waals surface area contributed by atoms with E-state index >= 15 is 0 Å². The highest BCUT2D eigenvalue weighted by molar-refractivity contribution is 5.79. The summed E-state index contributed by atoms with van der Waals surface area (Å²) in [6, 6.07) is 13.4. The zero-order chi connectivity index (χ0) is 12.1. The number of halogens is 1. The summed E-state index contributed by atoms with van der Waals surface area (Å²) in [6.45, 7) is 0. The van der Waals surface area contributed by atoms with E-state index in [9.17, 15) is 4.39 Å². The second kappa shape index (κ2) is 5.04. The summed E-state index contributed by atoms with van der Waals surface area (Å²) in [5.41, 5.74) is 2.15. The summed E-state index contributed by atoms with van der Waals surface area (Å²) < 4.78 is 12.8. The average molecular weight is 224 g/mol. The van der Waals surface area contributed by atoms with Crippen LogP contribution in [0.1, 0.15) is 11.3 Å². The van der Waals surface area contributed by atoms with Gasteiger partial charge in [-0.3, -0.25) is 4.98 Å². The second-order valence-corrected chi connectivity index (χ2v) is 3.41. The number of nitriles is 1. The van der Waals surface area contributed by atoms with Crippen molar-refractivity contribution in [1.82, 2.24) is 4.98 Å². The lowest BCUT2D eigenvalue weighted by Gasteiger charge is -2.05. The van der Waals surface area contributed by atoms with Crippen LogP contribution in [0, 0.1) is 17.1 Å². The Kier molecular flexibility index (Phi) is 3.27. The Bertz CT molecular complexity index is 565. The van der Waals surface area contributed by atoms with Crippen LogP contribution < -0.4 is 0 Å². The lowest BCUT2D eigenvalue weighted by Crippen LogP contribution is -1.91. The fourth-order valence-corrected chi connectivity index (χ4v) is 1.52. The van der Waals surface area contributed by atoms with Crippen LogP contribution in [0.2, 0.25) is 0 Å². The molecule has 0 amide bonds. The van der Waals surface area contributed by atoms with Gasteiger partial charge in [0.15, 0.2) is 0 Å². The Morgan fingerprint density at radius 3 is 2.53 bits per heavy atom. The number of nitrogens with zero attached hydrogens (tertiary/aromatic N) is 2. The molecule has 3 heteroatoms. The first-order valence-corrected chi connectivity index (χ1v) is 5.08. The van der Waals surface area contributed by atoms with E-state index in [0.29, 0.717) is 11.3 Å². The molecule has 1 aromatic heterocycles. The number of allylic oxidation sites excluding steroid dienone is 1. The van der Waals surface area contributed by atoms with Crippen LogP contribution in [0.25, 0.3) is 5.57 Å². The third-order valence-electron chi connectivity index (χ3n) is 2.30. The molecule has 0 radical (unpaired) electrons. The summed E-state index contributed by atoms with van der Waals surface area (Å²) in [6.07, 6.45) is 3.07. The Labute approximate surface area is 98.7 Å². The highest BCUT2D eigenvalue weighted by Gasteiger charge is 2.05. The van der Waals surface area contributed by atoms with Crippen LogP contribution in [0.5, 0.6) is 0 Å². The molecular weight excluding hydrogens is 215 g/mol. The van der Waals surface area contributed by atoms with Crippen molar-refractivity contribution in [2.24, 2.45) is 0 Å². The SMILES string of the molecule is N#C/C=C(/c1ccc(F)cc1)c1ccccn1. The molecule has 0 fully saturated rings. The summed E-state index contributed by atoms with van der Waals surface area (Å²) in [5.74, 6) is -0.300. The lowest BCUT2D eigenvalue weighted by atomic mass is 10.0. The van der Waals surface area contributed by atoms with Crippen LogP contribution in [-0.4, -0.2) is 4.98 Å². The molecule has 0 saturated heterocycles. The van der Waals surface area contributed by atoms with Crippen LogP contribution in [0.3, 0.4) is 0 Å². The van der Waals surface area contributed by atoms with Crippen molar-refractivity contribution in [3.63, 3.8) is 0 Å². The molecule has 1 heterocycles. The average Bonchev–Trinajstić information content (AvgIpc) is 2.38. The molecule has 2 aromatic rings. The van der Waals surface area contributed by atoms with Crippen molar-refractivity contribution in [3.05, 3.63) is 71.8 Å². The number of aromatic nitrogens is 1. The molecule has 2 rings (SSSR count). The zero-order valence-electron chi connectivity index (χ0n) is 8.97. The van der Waals surface area contributed by atoms with E-state index in [1.807, 2.05) is 18.2 Å². The van der Waals surface area contributed by atoms with Crippen LogP contribution in [0.4, 0.5) is 4.39 Å². The number of benzene rings is 1. The maximum absolute atomic E-state index is 12.8. The van der Waals surface area contributed by atoms with E-state index in [1.165, 1.54) is 18.2 Å². The zero-order valence-corrected chi connectivity index (χ0v) is 8.97. The van der Waals surface area contributed by atoms with Gasteiger partial charge in [-0.1, -0.05) is 18.2 Å². The molecule has 1 aromatic carbocycles. The molecule has 82 valence electrons. The van der Waals surface area contributed by atoms with Gasteiger partial charge in [0.1, 0.15) is 5.82 Å². The van der Waals surface area contributed by atoms with Gasteiger partial charge >= 0.3 is 0 Å². The third kappa shape index (κ3) is 2.56. The fraction of sp³-hybridized carbons (Fsp3) is 0. The molecule has 0 bridgehead atoms. The molecule has 0 aliphatic carbocycles. The van der Waals surface area contributed by atoms with Crippen molar-refractivity contribution in [2.45, 2.75) is 0 Å². The number of rotatable bonds is 2. The smallest absolute Gasteiger partial charge is 0.123 e. The molecule has 0 spiro atoms. The Morgan fingerprint density at radius 2 is 1.94 bits per heavy atom. The van der Waals surface area contributed by atoms with Gasteiger partial charge in [0.25, 0.3) is 0 Å². The largest absolute Gasteiger partial charge is 0.256 e. The highest BCUT2D eigenvalue weighted by Crippen LogP contribution is 2.21. The molecule has 17 heavy (non-hydrogen) atoms. The maximum Gasteiger partial charge on any atom is 0.123 e. The van der Waals surface area contributed by atoms with Gasteiger partial charge in [-0.2, -0.15) is 5.26 Å². The Balaban J connectivity index is 2.48. The molecule has 2 nitrogen and oxygen atoms in total. The van der Waals surface area contributed by atoms with Crippen LogP contribution >= 0.6 is 0 Å². The van der Waals surface area contributed by atoms with E-state index < -0.39 is 0 Å². The molecule has 0 unspecified atom stereocenters. The molecular formula is C14H9FN2. The summed E-state index contributed by atoms with van der Waals surface area (Å²) in [5, 5.41) is 8.79. The second-order valence-electron chi connectivity index (χ2n) is 3.41. The predicted octanol–water partition coefficient (Wildman–Crippen LogP) is 3.18. The molecule has 0 aliphatic heterocycles. The Hall–Kier alpha value is -2.47. The van der Waals surface area contributed by atoms with E-state index in [4.69, 9.17) is 5.26 Å². The minimum absolute atomic E-state index is 0.300. The third-order valence-corrected chi connectivity index (χ3v) is 2.30. The van der Waals surface area contributed by atoms with E-state index in [1.54, 1.807) is 24.4 Å². The molecule has 0 aliphatic rings. The first kappa shape index (κ1) is 11.0. The van der Waals surface area contributed by atoms with Crippen LogP contribution in [-0.2, 0) is 0 Å². The standard InChI is InChI=1S/C14H9FN2/c15-12-6-4-11(5-7-12)13(8-9-16)14-3-1-2-10-17-14/h1-8,10H/b13-8-. The van der Waals surface area contributed by atoms with Gasteiger partial charge in [-0.15, -0.1) is 0 Å². The van der Waals surface area contributed by atoms with Crippen LogP contribution in [0.15, 0.2) is 54.7 Å². The quantitative estimate of drug-likeness (QED) is 0.734. The summed E-state index contributed by atoms with van der Waals surface area (Å²) in [7, 11) is 0. The van der Waals surface area contributed by atoms with Gasteiger partial charge in [-0.05, 0) is 29.8 Å². The van der Waals surface area contributed by atoms with E-state index in [0.717, 1.165) is 5.56 Å². The first-order valence-electron chi connectivity index (χ1n) is 5.08. The normalized spacial score (nSPS) is 10.9. The van der Waals surface area contributed by atoms with Gasteiger partial charge in [-0.25, -0.2) is 4.39 Å². The van der Waals surface area contributed by atoms with E-state index in [-0.39, 0.29) is 5.82 Å². The van der Waals surface area contributed by atoms with Gasteiger partial charge in [0.05, 0.1) is 11.8 Å². The predicted molar refractivity (Wildman–Crippen MR) is 63.3 cm³/mol. The van der Waals surface area contributed by atoms with Gasteiger partial charge in [0, 0.05) is 17.8 Å². The monoisotopic (exact) mass is 224 g/mol. The molecule has 0 atom stereocenters.